The van der Waals surface area contributed by atoms with Gasteiger partial charge in [-0.15, -0.1) is 0 Å². The van der Waals surface area contributed by atoms with E-state index in [4.69, 9.17) is 12.2 Å². The number of amides is 1. The first-order chi connectivity index (χ1) is 17.9. The summed E-state index contributed by atoms with van der Waals surface area (Å²) in [7, 11) is 0. The SMILES string of the molecule is Cc1cc([C@H]2[C@H](c3ccccn3)NC(=S)N2CCC(=O)Nc2ccc(F)cc2)c(C)n1-c1ccccc1. The van der Waals surface area contributed by atoms with Gasteiger partial charge in [0.15, 0.2) is 5.11 Å². The number of carbonyl (C=O) groups is 1. The van der Waals surface area contributed by atoms with Gasteiger partial charge in [0.2, 0.25) is 5.91 Å². The monoisotopic (exact) mass is 513 g/mol. The van der Waals surface area contributed by atoms with Crippen LogP contribution >= 0.6 is 12.2 Å². The lowest BCUT2D eigenvalue weighted by Gasteiger charge is -2.28. The van der Waals surface area contributed by atoms with Gasteiger partial charge in [-0.1, -0.05) is 24.3 Å². The van der Waals surface area contributed by atoms with E-state index in [0.29, 0.717) is 17.3 Å². The molecule has 37 heavy (non-hydrogen) atoms. The van der Waals surface area contributed by atoms with Gasteiger partial charge in [0.1, 0.15) is 5.82 Å². The minimum Gasteiger partial charge on any atom is -0.352 e. The van der Waals surface area contributed by atoms with Crippen LogP contribution in [0, 0.1) is 19.7 Å². The molecule has 1 aliphatic heterocycles. The van der Waals surface area contributed by atoms with E-state index in [1.165, 1.54) is 12.1 Å². The number of nitrogens with zero attached hydrogens (tertiary/aromatic N) is 3. The predicted octanol–water partition coefficient (Wildman–Crippen LogP) is 5.63. The Bertz CT molecular complexity index is 1410. The molecule has 4 aromatic rings. The Balaban J connectivity index is 1.45. The second-order valence-corrected chi connectivity index (χ2v) is 9.51. The van der Waals surface area contributed by atoms with Crippen LogP contribution in [0.3, 0.4) is 0 Å². The van der Waals surface area contributed by atoms with Crippen molar-refractivity contribution in [2.45, 2.75) is 32.4 Å². The highest BCUT2D eigenvalue weighted by Crippen LogP contribution is 2.41. The van der Waals surface area contributed by atoms with Gasteiger partial charge in [0, 0.05) is 41.9 Å². The normalized spacial score (nSPS) is 17.1. The number of hydrogen-bond acceptors (Lipinski definition) is 3. The number of aromatic nitrogens is 2. The van der Waals surface area contributed by atoms with Crippen molar-refractivity contribution in [1.82, 2.24) is 19.8 Å². The van der Waals surface area contributed by atoms with Crippen molar-refractivity contribution < 1.29 is 9.18 Å². The highest BCUT2D eigenvalue weighted by atomic mass is 32.1. The van der Waals surface area contributed by atoms with Crippen LogP contribution in [0.1, 0.15) is 41.1 Å². The minimum atomic E-state index is -0.344. The second kappa shape index (κ2) is 10.5. The summed E-state index contributed by atoms with van der Waals surface area (Å²) in [6.07, 6.45) is 2.01. The molecule has 1 saturated heterocycles. The van der Waals surface area contributed by atoms with Crippen LogP contribution in [0.2, 0.25) is 0 Å². The Morgan fingerprint density at radius 2 is 1.78 bits per heavy atom. The number of carbonyl (C=O) groups excluding carboxylic acids is 1. The lowest BCUT2D eigenvalue weighted by Crippen LogP contribution is -2.32. The first-order valence-electron chi connectivity index (χ1n) is 12.2. The number of thiocarbonyl (C=S) groups is 1. The largest absolute Gasteiger partial charge is 0.352 e. The number of rotatable bonds is 7. The average Bonchev–Trinajstić information content (AvgIpc) is 3.39. The molecule has 2 N–H and O–H groups in total. The van der Waals surface area contributed by atoms with Crippen molar-refractivity contribution in [3.8, 4) is 5.69 Å². The summed E-state index contributed by atoms with van der Waals surface area (Å²) in [6.45, 7) is 4.63. The molecule has 1 fully saturated rings. The number of hydrogen-bond donors (Lipinski definition) is 2. The topological polar surface area (TPSA) is 62.2 Å². The van der Waals surface area contributed by atoms with Crippen molar-refractivity contribution in [3.63, 3.8) is 0 Å². The molecule has 188 valence electrons. The van der Waals surface area contributed by atoms with Crippen LogP contribution in [0.25, 0.3) is 5.69 Å². The maximum atomic E-state index is 13.2. The average molecular weight is 514 g/mol. The molecular weight excluding hydrogens is 485 g/mol. The third kappa shape index (κ3) is 5.11. The summed E-state index contributed by atoms with van der Waals surface area (Å²) < 4.78 is 15.5. The number of anilines is 1. The first kappa shape index (κ1) is 24.6. The van der Waals surface area contributed by atoms with Crippen LogP contribution in [-0.4, -0.2) is 32.0 Å². The Labute approximate surface area is 221 Å². The molecule has 0 saturated carbocycles. The molecule has 1 aliphatic rings. The van der Waals surface area contributed by atoms with Gasteiger partial charge in [-0.2, -0.15) is 0 Å². The standard InChI is InChI=1S/C29H28FN5OS/c1-19-18-24(20(2)35(19)23-8-4-3-5-9-23)28-27(25-10-6-7-16-31-25)33-29(37)34(28)17-15-26(36)32-22-13-11-21(30)12-14-22/h3-14,16,18,27-28H,15,17H2,1-2H3,(H,32,36)(H,33,37)/t27-,28-/m0/s1. The molecule has 0 unspecified atom stereocenters. The molecule has 2 atom stereocenters. The molecule has 2 aromatic carbocycles. The fourth-order valence-corrected chi connectivity index (χ4v) is 5.36. The Kier molecular flexibility index (Phi) is 7.01. The highest BCUT2D eigenvalue weighted by molar-refractivity contribution is 7.80. The maximum absolute atomic E-state index is 13.2. The van der Waals surface area contributed by atoms with E-state index in [9.17, 15) is 9.18 Å². The smallest absolute Gasteiger partial charge is 0.226 e. The predicted molar refractivity (Wildman–Crippen MR) is 147 cm³/mol. The van der Waals surface area contributed by atoms with E-state index in [1.54, 1.807) is 18.3 Å². The van der Waals surface area contributed by atoms with Crippen molar-refractivity contribution in [3.05, 3.63) is 114 Å². The van der Waals surface area contributed by atoms with Gasteiger partial charge < -0.3 is 20.1 Å². The van der Waals surface area contributed by atoms with Crippen LogP contribution in [0.15, 0.2) is 85.1 Å². The fraction of sp³-hybridized carbons (Fsp3) is 0.207. The minimum absolute atomic E-state index is 0.148. The number of aryl methyl sites for hydroxylation is 1. The Morgan fingerprint density at radius 1 is 1.05 bits per heavy atom. The first-order valence-corrected chi connectivity index (χ1v) is 12.6. The summed E-state index contributed by atoms with van der Waals surface area (Å²) in [6, 6.07) is 23.7. The van der Waals surface area contributed by atoms with E-state index >= 15 is 0 Å². The maximum Gasteiger partial charge on any atom is 0.226 e. The summed E-state index contributed by atoms with van der Waals surface area (Å²) in [5, 5.41) is 6.88. The molecule has 0 bridgehead atoms. The number of pyridine rings is 1. The summed E-state index contributed by atoms with van der Waals surface area (Å²) in [5.41, 5.74) is 5.90. The van der Waals surface area contributed by atoms with Crippen molar-refractivity contribution >= 4 is 28.9 Å². The molecule has 1 amide bonds. The Morgan fingerprint density at radius 3 is 2.49 bits per heavy atom. The number of halogens is 1. The van der Waals surface area contributed by atoms with E-state index in [-0.39, 0.29) is 30.2 Å². The molecule has 0 radical (unpaired) electrons. The molecule has 2 aromatic heterocycles. The lowest BCUT2D eigenvalue weighted by atomic mass is 9.96. The number of benzene rings is 2. The van der Waals surface area contributed by atoms with Gasteiger partial charge in [-0.25, -0.2) is 4.39 Å². The zero-order chi connectivity index (χ0) is 25.9. The van der Waals surface area contributed by atoms with Crippen LogP contribution in [0.5, 0.6) is 0 Å². The van der Waals surface area contributed by atoms with Crippen LogP contribution in [-0.2, 0) is 4.79 Å². The van der Waals surface area contributed by atoms with Gasteiger partial charge in [-0.3, -0.25) is 9.78 Å². The van der Waals surface area contributed by atoms with Crippen LogP contribution in [0.4, 0.5) is 10.1 Å². The highest BCUT2D eigenvalue weighted by Gasteiger charge is 2.41. The van der Waals surface area contributed by atoms with Gasteiger partial charge in [-0.05, 0) is 86.2 Å². The Hall–Kier alpha value is -4.04. The van der Waals surface area contributed by atoms with Crippen molar-refractivity contribution in [2.75, 3.05) is 11.9 Å². The summed E-state index contributed by atoms with van der Waals surface area (Å²) >= 11 is 5.77. The molecule has 8 heteroatoms. The molecule has 6 nitrogen and oxygen atoms in total. The van der Waals surface area contributed by atoms with Gasteiger partial charge in [0.05, 0.1) is 17.8 Å². The number of para-hydroxylation sites is 1. The van der Waals surface area contributed by atoms with Crippen LogP contribution < -0.4 is 10.6 Å². The fourth-order valence-electron chi connectivity index (χ4n) is 5.02. The number of nitrogens with one attached hydrogen (secondary N) is 2. The summed E-state index contributed by atoms with van der Waals surface area (Å²) in [4.78, 5) is 19.4. The second-order valence-electron chi connectivity index (χ2n) is 9.12. The van der Waals surface area contributed by atoms with Crippen molar-refractivity contribution in [2.24, 2.45) is 0 Å². The van der Waals surface area contributed by atoms with E-state index in [1.807, 2.05) is 36.4 Å². The van der Waals surface area contributed by atoms with Gasteiger partial charge >= 0.3 is 0 Å². The van der Waals surface area contributed by atoms with E-state index in [0.717, 1.165) is 28.3 Å². The van der Waals surface area contributed by atoms with E-state index in [2.05, 4.69) is 57.1 Å². The molecular formula is C29H28FN5OS. The lowest BCUT2D eigenvalue weighted by molar-refractivity contribution is -0.116. The molecule has 0 aliphatic carbocycles. The summed E-state index contributed by atoms with van der Waals surface area (Å²) in [5.74, 6) is -0.507. The molecule has 5 rings (SSSR count). The zero-order valence-corrected chi connectivity index (χ0v) is 21.5. The zero-order valence-electron chi connectivity index (χ0n) is 20.7. The van der Waals surface area contributed by atoms with E-state index < -0.39 is 0 Å². The van der Waals surface area contributed by atoms with Crippen molar-refractivity contribution in [1.29, 1.82) is 0 Å². The molecule has 0 spiro atoms. The molecule has 3 heterocycles. The third-order valence-electron chi connectivity index (χ3n) is 6.71. The van der Waals surface area contributed by atoms with Gasteiger partial charge in [0.25, 0.3) is 0 Å². The third-order valence-corrected chi connectivity index (χ3v) is 7.06. The quantitative estimate of drug-likeness (QED) is 0.314.